The normalized spacial score (nSPS) is 19.9. The highest BCUT2D eigenvalue weighted by atomic mass is 16.5. The summed E-state index contributed by atoms with van der Waals surface area (Å²) in [7, 11) is 1.67. The lowest BCUT2D eigenvalue weighted by Crippen LogP contribution is -2.24. The number of aliphatic hydroxyl groups is 1. The molecule has 114 valence electrons. The van der Waals surface area contributed by atoms with Crippen LogP contribution in [0.25, 0.3) is 0 Å². The Labute approximate surface area is 126 Å². The Hall–Kier alpha value is -1.54. The van der Waals surface area contributed by atoms with Gasteiger partial charge in [0, 0.05) is 18.7 Å². The Bertz CT molecular complexity index is 531. The van der Waals surface area contributed by atoms with Crippen molar-refractivity contribution in [2.75, 3.05) is 26.7 Å². The van der Waals surface area contributed by atoms with Gasteiger partial charge in [-0.2, -0.15) is 0 Å². The maximum absolute atomic E-state index is 9.71. The molecule has 0 amide bonds. The van der Waals surface area contributed by atoms with E-state index in [-0.39, 0.29) is 6.10 Å². The summed E-state index contributed by atoms with van der Waals surface area (Å²) in [6.45, 7) is 5.00. The van der Waals surface area contributed by atoms with Gasteiger partial charge in [-0.05, 0) is 49.6 Å². The van der Waals surface area contributed by atoms with E-state index in [2.05, 4.69) is 16.7 Å². The molecule has 3 N–H and O–H groups in total. The first-order valence-electron chi connectivity index (χ1n) is 7.40. The van der Waals surface area contributed by atoms with Gasteiger partial charge in [-0.1, -0.05) is 11.8 Å². The Balaban J connectivity index is 2.14. The molecule has 1 heterocycles. The number of aliphatic hydroxyl groups excluding tert-OH is 1. The van der Waals surface area contributed by atoms with Crippen molar-refractivity contribution < 1.29 is 9.84 Å². The molecular formula is C17H24N2O2. The fourth-order valence-electron chi connectivity index (χ4n) is 2.74. The second kappa shape index (κ2) is 7.46. The second-order valence-corrected chi connectivity index (χ2v) is 5.55. The third-order valence-corrected chi connectivity index (χ3v) is 4.02. The molecule has 1 fully saturated rings. The number of likely N-dealkylation sites (tertiary alicyclic amines) is 1. The Morgan fingerprint density at radius 1 is 1.52 bits per heavy atom. The molecule has 1 aromatic rings. The number of nitrogens with two attached hydrogens (primary N) is 1. The summed E-state index contributed by atoms with van der Waals surface area (Å²) in [6.07, 6.45) is 0.808. The zero-order valence-corrected chi connectivity index (χ0v) is 12.8. The average Bonchev–Trinajstić information content (AvgIpc) is 2.94. The molecule has 2 atom stereocenters. The molecule has 0 radical (unpaired) electrons. The van der Waals surface area contributed by atoms with Crippen LogP contribution < -0.4 is 10.5 Å². The van der Waals surface area contributed by atoms with E-state index in [0.29, 0.717) is 12.5 Å². The largest absolute Gasteiger partial charge is 0.497 e. The number of hydrogen-bond donors (Lipinski definition) is 2. The molecule has 4 heteroatoms. The fraction of sp³-hybridized carbons (Fsp3) is 0.529. The predicted molar refractivity (Wildman–Crippen MR) is 84.0 cm³/mol. The van der Waals surface area contributed by atoms with Crippen molar-refractivity contribution in [2.24, 2.45) is 11.7 Å². The maximum atomic E-state index is 9.71. The van der Waals surface area contributed by atoms with Gasteiger partial charge in [-0.3, -0.25) is 4.90 Å². The third-order valence-electron chi connectivity index (χ3n) is 4.02. The van der Waals surface area contributed by atoms with E-state index in [1.54, 1.807) is 7.11 Å². The highest BCUT2D eigenvalue weighted by molar-refractivity contribution is 5.45. The molecule has 21 heavy (non-hydrogen) atoms. The highest BCUT2D eigenvalue weighted by Gasteiger charge is 2.26. The van der Waals surface area contributed by atoms with Gasteiger partial charge in [0.1, 0.15) is 5.75 Å². The topological polar surface area (TPSA) is 58.7 Å². The number of ether oxygens (including phenoxy) is 1. The van der Waals surface area contributed by atoms with Crippen molar-refractivity contribution in [3.8, 4) is 17.6 Å². The van der Waals surface area contributed by atoms with E-state index < -0.39 is 0 Å². The van der Waals surface area contributed by atoms with Crippen LogP contribution in [0.15, 0.2) is 18.2 Å². The van der Waals surface area contributed by atoms with Gasteiger partial charge in [0.05, 0.1) is 19.8 Å². The third kappa shape index (κ3) is 4.21. The minimum absolute atomic E-state index is 0.239. The lowest BCUT2D eigenvalue weighted by Gasteiger charge is -2.18. The molecule has 4 nitrogen and oxygen atoms in total. The van der Waals surface area contributed by atoms with Crippen LogP contribution in [0, 0.1) is 17.8 Å². The van der Waals surface area contributed by atoms with Crippen molar-refractivity contribution >= 4 is 0 Å². The molecule has 0 saturated carbocycles. The van der Waals surface area contributed by atoms with Crippen molar-refractivity contribution in [3.63, 3.8) is 0 Å². The van der Waals surface area contributed by atoms with Crippen LogP contribution in [0.1, 0.15) is 24.5 Å². The predicted octanol–water partition coefficient (Wildman–Crippen LogP) is 1.21. The number of methoxy groups -OCH3 is 1. The van der Waals surface area contributed by atoms with Crippen LogP contribution in [0.4, 0.5) is 0 Å². The van der Waals surface area contributed by atoms with Gasteiger partial charge in [0.15, 0.2) is 0 Å². The summed E-state index contributed by atoms with van der Waals surface area (Å²) in [6, 6.07) is 5.95. The summed E-state index contributed by atoms with van der Waals surface area (Å²) in [5, 5.41) is 9.71. The standard InChI is InChI=1S/C17H24N2O2/c1-13(20)15-7-9-19(11-15)12-16-10-17(21-2)6-5-14(16)4-3-8-18/h5-6,10,13,15,20H,7-9,11-12,18H2,1-2H3. The number of hydrogen-bond acceptors (Lipinski definition) is 4. The van der Waals surface area contributed by atoms with Crippen molar-refractivity contribution in [1.82, 2.24) is 4.90 Å². The lowest BCUT2D eigenvalue weighted by molar-refractivity contribution is 0.127. The monoisotopic (exact) mass is 288 g/mol. The molecule has 0 bridgehead atoms. The quantitative estimate of drug-likeness (QED) is 0.818. The second-order valence-electron chi connectivity index (χ2n) is 5.55. The van der Waals surface area contributed by atoms with Gasteiger partial charge in [0.2, 0.25) is 0 Å². The molecule has 1 aromatic carbocycles. The molecular weight excluding hydrogens is 264 g/mol. The molecule has 0 aliphatic carbocycles. The van der Waals surface area contributed by atoms with E-state index in [9.17, 15) is 5.11 Å². The first-order chi connectivity index (χ1) is 10.1. The van der Waals surface area contributed by atoms with Gasteiger partial charge in [-0.25, -0.2) is 0 Å². The minimum Gasteiger partial charge on any atom is -0.497 e. The molecule has 1 aliphatic rings. The smallest absolute Gasteiger partial charge is 0.119 e. The first kappa shape index (κ1) is 15.8. The van der Waals surface area contributed by atoms with Crippen molar-refractivity contribution in [3.05, 3.63) is 29.3 Å². The molecule has 2 rings (SSSR count). The van der Waals surface area contributed by atoms with Gasteiger partial charge in [0.25, 0.3) is 0 Å². The molecule has 2 unspecified atom stereocenters. The summed E-state index contributed by atoms with van der Waals surface area (Å²) < 4.78 is 5.31. The number of rotatable bonds is 4. The van der Waals surface area contributed by atoms with Crippen LogP contribution in [0.5, 0.6) is 5.75 Å². The lowest BCUT2D eigenvalue weighted by atomic mass is 10.0. The Kier molecular flexibility index (Phi) is 5.63. The van der Waals surface area contributed by atoms with E-state index in [1.807, 2.05) is 25.1 Å². The van der Waals surface area contributed by atoms with Crippen molar-refractivity contribution in [2.45, 2.75) is 26.0 Å². The maximum Gasteiger partial charge on any atom is 0.119 e. The summed E-state index contributed by atoms with van der Waals surface area (Å²) in [4.78, 5) is 2.36. The zero-order valence-electron chi connectivity index (χ0n) is 12.8. The number of nitrogens with zero attached hydrogens (tertiary/aromatic N) is 1. The van der Waals surface area contributed by atoms with E-state index in [4.69, 9.17) is 10.5 Å². The summed E-state index contributed by atoms with van der Waals surface area (Å²) in [5.41, 5.74) is 7.62. The minimum atomic E-state index is -0.239. The average molecular weight is 288 g/mol. The van der Waals surface area contributed by atoms with Gasteiger partial charge >= 0.3 is 0 Å². The fourth-order valence-corrected chi connectivity index (χ4v) is 2.74. The van der Waals surface area contributed by atoms with Crippen LogP contribution in [-0.2, 0) is 6.54 Å². The first-order valence-corrected chi connectivity index (χ1v) is 7.40. The van der Waals surface area contributed by atoms with E-state index >= 15 is 0 Å². The number of benzene rings is 1. The van der Waals surface area contributed by atoms with Gasteiger partial charge in [-0.15, -0.1) is 0 Å². The Morgan fingerprint density at radius 2 is 2.33 bits per heavy atom. The van der Waals surface area contributed by atoms with Crippen LogP contribution in [-0.4, -0.2) is 42.9 Å². The van der Waals surface area contributed by atoms with E-state index in [0.717, 1.165) is 42.9 Å². The van der Waals surface area contributed by atoms with Gasteiger partial charge < -0.3 is 15.6 Å². The zero-order chi connectivity index (χ0) is 15.2. The molecule has 1 aliphatic heterocycles. The molecule has 0 aromatic heterocycles. The highest BCUT2D eigenvalue weighted by Crippen LogP contribution is 2.24. The van der Waals surface area contributed by atoms with Crippen molar-refractivity contribution in [1.29, 1.82) is 0 Å². The molecule has 1 saturated heterocycles. The SMILES string of the molecule is COc1ccc(C#CCN)c(CN2CCC(C(C)O)C2)c1. The summed E-state index contributed by atoms with van der Waals surface area (Å²) in [5.74, 6) is 7.25. The Morgan fingerprint density at radius 3 is 2.95 bits per heavy atom. The van der Waals surface area contributed by atoms with Crippen LogP contribution >= 0.6 is 0 Å². The van der Waals surface area contributed by atoms with E-state index in [1.165, 1.54) is 0 Å². The molecule has 0 spiro atoms. The van der Waals surface area contributed by atoms with Crippen LogP contribution in [0.2, 0.25) is 0 Å². The van der Waals surface area contributed by atoms with Crippen LogP contribution in [0.3, 0.4) is 0 Å². The summed E-state index contributed by atoms with van der Waals surface area (Å²) >= 11 is 0.